The van der Waals surface area contributed by atoms with Crippen LogP contribution in [-0.2, 0) is 0 Å². The molecule has 0 radical (unpaired) electrons. The molecule has 0 saturated carbocycles. The maximum Gasteiger partial charge on any atom is 0.0541 e. The minimum atomic E-state index is 1.12. The topological polar surface area (TPSA) is 24.5 Å². The lowest BCUT2D eigenvalue weighted by molar-refractivity contribution is 1.18. The summed E-state index contributed by atoms with van der Waals surface area (Å²) in [7, 11) is 0. The molecular formula is C135H100N6. The van der Waals surface area contributed by atoms with Gasteiger partial charge < -0.3 is 28.4 Å². The van der Waals surface area contributed by atoms with Crippen LogP contribution in [0.2, 0.25) is 0 Å². The van der Waals surface area contributed by atoms with Gasteiger partial charge in [0.25, 0.3) is 0 Å². The van der Waals surface area contributed by atoms with Gasteiger partial charge in [-0.2, -0.15) is 0 Å². The molecule has 3 heterocycles. The Labute approximate surface area is 823 Å². The van der Waals surface area contributed by atoms with Crippen molar-refractivity contribution < 1.29 is 0 Å². The summed E-state index contributed by atoms with van der Waals surface area (Å²) >= 11 is 0. The predicted molar refractivity (Wildman–Crippen MR) is 599 cm³/mol. The van der Waals surface area contributed by atoms with Gasteiger partial charge >= 0.3 is 0 Å². The molecular weight excluding hydrogens is 1710 g/mol. The number of para-hydroxylation sites is 6. The number of hydrogen-bond donors (Lipinski definition) is 0. The third-order valence-corrected chi connectivity index (χ3v) is 27.3. The Balaban J connectivity index is 0.000000118. The van der Waals surface area contributed by atoms with Crippen molar-refractivity contribution in [3.63, 3.8) is 0 Å². The smallest absolute Gasteiger partial charge is 0.0541 e. The van der Waals surface area contributed by atoms with Crippen LogP contribution in [0.1, 0.15) is 16.7 Å². The standard InChI is InChI=1S/C49H36N2.2C43H32N2/c1-35-15-27-42(28-16-35)50(43-29-21-39(22-30-43)38-19-17-37(18-20-38)36-9-3-2-4-10-36)44-31-23-40(24-32-44)41-25-33-45(34-26-41)51-48-13-7-5-11-46(48)47-12-6-8-14-49(47)51;1-31-10-9-13-39(30-31)44(36-24-18-33(19-25-36)32-11-3-2-4-12-32)37-26-20-34(21-27-37)35-22-28-38(29-23-35)45-42-16-7-5-14-40(42)41-15-6-8-17-43(41)45;1-31-15-23-36(24-16-31)44(37-25-17-33(18-26-37)32-9-3-2-4-10-32)38-27-19-34(20-28-38)35-21-29-39(30-22-35)45-42-13-7-5-11-40(42)41-12-6-8-14-43(41)45/h2-34H,1H3;2*2-30H,1H3. The molecule has 22 aromatic carbocycles. The van der Waals surface area contributed by atoms with Crippen LogP contribution >= 0.6 is 0 Å². The third-order valence-electron chi connectivity index (χ3n) is 27.3. The van der Waals surface area contributed by atoms with Gasteiger partial charge in [0.05, 0.1) is 33.1 Å². The lowest BCUT2D eigenvalue weighted by Gasteiger charge is -2.26. The Morgan fingerprint density at radius 2 is 0.284 bits per heavy atom. The summed E-state index contributed by atoms with van der Waals surface area (Å²) in [5, 5.41) is 7.67. The molecule has 0 aliphatic carbocycles. The molecule has 25 rings (SSSR count). The Kier molecular flexibility index (Phi) is 23.9. The first-order valence-electron chi connectivity index (χ1n) is 48.4. The van der Waals surface area contributed by atoms with Gasteiger partial charge in [0.15, 0.2) is 0 Å². The molecule has 0 aliphatic rings. The van der Waals surface area contributed by atoms with E-state index in [1.54, 1.807) is 0 Å². The van der Waals surface area contributed by atoms with Gasteiger partial charge in [0.1, 0.15) is 0 Å². The summed E-state index contributed by atoms with van der Waals surface area (Å²) in [5.41, 5.74) is 41.6. The zero-order chi connectivity index (χ0) is 94.5. The molecule has 0 aliphatic heterocycles. The number of hydrogen-bond acceptors (Lipinski definition) is 3. The van der Waals surface area contributed by atoms with E-state index in [2.05, 4.69) is 601 Å². The molecule has 25 aromatic rings. The molecule has 0 N–H and O–H groups in total. The van der Waals surface area contributed by atoms with Gasteiger partial charge in [0, 0.05) is 101 Å². The molecule has 6 heteroatoms. The van der Waals surface area contributed by atoms with E-state index in [0.29, 0.717) is 0 Å². The minimum Gasteiger partial charge on any atom is -0.311 e. The molecule has 0 amide bonds. The predicted octanol–water partition coefficient (Wildman–Crippen LogP) is 37.4. The number of aromatic nitrogens is 3. The SMILES string of the molecule is Cc1ccc(N(c2ccc(-c3ccc(-c4ccccc4)cc3)cc2)c2ccc(-c3ccc(-n4c5ccccc5c5ccccc54)cc3)cc2)cc1.Cc1ccc(N(c2ccc(-c3ccccc3)cc2)c2ccc(-c3ccc(-n4c5ccccc5c5ccccc54)cc3)cc2)cc1.Cc1cccc(N(c2ccc(-c3ccccc3)cc2)c2ccc(-c3ccc(-n4c5ccccc5c5ccccc54)cc3)cc2)c1. The van der Waals surface area contributed by atoms with Gasteiger partial charge in [-0.3, -0.25) is 0 Å². The fourth-order valence-electron chi connectivity index (χ4n) is 20.1. The van der Waals surface area contributed by atoms with Crippen LogP contribution in [0.5, 0.6) is 0 Å². The molecule has 0 spiro atoms. The van der Waals surface area contributed by atoms with E-state index in [0.717, 1.165) is 68.2 Å². The summed E-state index contributed by atoms with van der Waals surface area (Å²) in [6, 6.07) is 199. The highest BCUT2D eigenvalue weighted by Gasteiger charge is 2.22. The summed E-state index contributed by atoms with van der Waals surface area (Å²) in [6.07, 6.45) is 0. The van der Waals surface area contributed by atoms with Crippen LogP contribution in [0.4, 0.5) is 51.2 Å². The van der Waals surface area contributed by atoms with E-state index in [9.17, 15) is 0 Å². The Morgan fingerprint density at radius 3 is 0.489 bits per heavy atom. The van der Waals surface area contributed by atoms with Crippen molar-refractivity contribution in [2.24, 2.45) is 0 Å². The summed E-state index contributed by atoms with van der Waals surface area (Å²) in [5.74, 6) is 0. The third kappa shape index (κ3) is 17.7. The van der Waals surface area contributed by atoms with E-state index < -0.39 is 0 Å². The van der Waals surface area contributed by atoms with Crippen molar-refractivity contribution in [1.29, 1.82) is 0 Å². The molecule has 670 valence electrons. The normalized spacial score (nSPS) is 11.2. The van der Waals surface area contributed by atoms with E-state index in [1.165, 1.54) is 160 Å². The van der Waals surface area contributed by atoms with Crippen molar-refractivity contribution in [3.8, 4) is 95.0 Å². The Bertz CT molecular complexity index is 8520. The molecule has 0 saturated heterocycles. The van der Waals surface area contributed by atoms with E-state index in [-0.39, 0.29) is 0 Å². The van der Waals surface area contributed by atoms with E-state index in [4.69, 9.17) is 0 Å². The number of rotatable bonds is 19. The fraction of sp³-hybridized carbons (Fsp3) is 0.0222. The highest BCUT2D eigenvalue weighted by Crippen LogP contribution is 2.45. The second kappa shape index (κ2) is 38.8. The van der Waals surface area contributed by atoms with Crippen molar-refractivity contribution in [1.82, 2.24) is 13.7 Å². The van der Waals surface area contributed by atoms with E-state index in [1.807, 2.05) is 0 Å². The lowest BCUT2D eigenvalue weighted by Crippen LogP contribution is -2.10. The Morgan fingerprint density at radius 1 is 0.121 bits per heavy atom. The lowest BCUT2D eigenvalue weighted by atomic mass is 10.00. The second-order valence-corrected chi connectivity index (χ2v) is 36.2. The molecule has 6 nitrogen and oxygen atoms in total. The maximum absolute atomic E-state index is 2.36. The molecule has 141 heavy (non-hydrogen) atoms. The molecule has 0 fully saturated rings. The summed E-state index contributed by atoms with van der Waals surface area (Å²) < 4.78 is 7.09. The van der Waals surface area contributed by atoms with Gasteiger partial charge in [-0.05, 0) is 286 Å². The Hall–Kier alpha value is -18.4. The molecule has 0 bridgehead atoms. The first-order valence-corrected chi connectivity index (χ1v) is 48.4. The van der Waals surface area contributed by atoms with Crippen molar-refractivity contribution >= 4 is 117 Å². The highest BCUT2D eigenvalue weighted by atomic mass is 15.2. The zero-order valence-electron chi connectivity index (χ0n) is 78.7. The molecule has 0 unspecified atom stereocenters. The number of fused-ring (bicyclic) bond motifs is 9. The van der Waals surface area contributed by atoms with Crippen LogP contribution in [0, 0.1) is 20.8 Å². The number of aryl methyl sites for hydroxylation is 3. The first kappa shape index (κ1) is 86.7. The van der Waals surface area contributed by atoms with Gasteiger partial charge in [-0.25, -0.2) is 0 Å². The average Bonchev–Trinajstić information content (AvgIpc) is 1.61. The van der Waals surface area contributed by atoms with Gasteiger partial charge in [0.2, 0.25) is 0 Å². The minimum absolute atomic E-state index is 1.12. The van der Waals surface area contributed by atoms with Crippen LogP contribution < -0.4 is 14.7 Å². The zero-order valence-corrected chi connectivity index (χ0v) is 78.7. The molecule has 0 atom stereocenters. The van der Waals surface area contributed by atoms with Crippen molar-refractivity contribution in [2.75, 3.05) is 14.7 Å². The van der Waals surface area contributed by atoms with Crippen LogP contribution in [-0.4, -0.2) is 13.7 Å². The monoisotopic (exact) mass is 1800 g/mol. The van der Waals surface area contributed by atoms with Gasteiger partial charge in [-0.1, -0.05) is 381 Å². The summed E-state index contributed by atoms with van der Waals surface area (Å²) in [6.45, 7) is 6.41. The van der Waals surface area contributed by atoms with Crippen molar-refractivity contribution in [2.45, 2.75) is 20.8 Å². The molecule has 3 aromatic heterocycles. The second-order valence-electron chi connectivity index (χ2n) is 36.2. The van der Waals surface area contributed by atoms with Crippen LogP contribution in [0.25, 0.3) is 160 Å². The van der Waals surface area contributed by atoms with E-state index >= 15 is 0 Å². The number of benzene rings is 22. The fourth-order valence-corrected chi connectivity index (χ4v) is 20.1. The maximum atomic E-state index is 2.36. The summed E-state index contributed by atoms with van der Waals surface area (Å²) in [4.78, 5) is 6.98. The van der Waals surface area contributed by atoms with Crippen molar-refractivity contribution in [3.05, 3.63) is 569 Å². The highest BCUT2D eigenvalue weighted by molar-refractivity contribution is 6.12. The number of nitrogens with zero attached hydrogens (tertiary/aromatic N) is 6. The van der Waals surface area contributed by atoms with Crippen LogP contribution in [0.3, 0.4) is 0 Å². The first-order chi connectivity index (χ1) is 69.6. The number of anilines is 9. The van der Waals surface area contributed by atoms with Crippen LogP contribution in [0.15, 0.2) is 552 Å². The van der Waals surface area contributed by atoms with Gasteiger partial charge in [-0.15, -0.1) is 0 Å². The quantitative estimate of drug-likeness (QED) is 0.0806. The largest absolute Gasteiger partial charge is 0.311 e. The average molecular weight is 1810 g/mol.